The van der Waals surface area contributed by atoms with Gasteiger partial charge in [-0.15, -0.1) is 0 Å². The molecule has 0 heterocycles. The monoisotopic (exact) mass is 300 g/mol. The van der Waals surface area contributed by atoms with Crippen molar-refractivity contribution in [1.29, 1.82) is 0 Å². The Balaban J connectivity index is 2.52. The summed E-state index contributed by atoms with van der Waals surface area (Å²) < 4.78 is 0. The third kappa shape index (κ3) is 1.71. The molecule has 0 aromatic rings. The predicted octanol–water partition coefficient (Wildman–Crippen LogP) is 1.24. The molecule has 2 saturated carbocycles. The second-order valence-electron chi connectivity index (χ2n) is 4.62. The molecule has 92 valence electrons. The summed E-state index contributed by atoms with van der Waals surface area (Å²) in [4.78, 5) is 47.9. The van der Waals surface area contributed by atoms with Crippen molar-refractivity contribution in [1.82, 2.24) is 0 Å². The molecule has 5 heteroatoms. The molecule has 17 heavy (non-hydrogen) atoms. The minimum absolute atomic E-state index is 0.0986. The molecule has 0 bridgehead atoms. The van der Waals surface area contributed by atoms with Gasteiger partial charge < -0.3 is 0 Å². The van der Waals surface area contributed by atoms with Crippen molar-refractivity contribution in [2.24, 2.45) is 11.3 Å². The van der Waals surface area contributed by atoms with Gasteiger partial charge in [0, 0.05) is 31.0 Å². The molecule has 2 fully saturated rings. The fraction of sp³-hybridized carbons (Fsp3) is 0.667. The van der Waals surface area contributed by atoms with E-state index in [0.29, 0.717) is 5.33 Å². The highest BCUT2D eigenvalue weighted by Crippen LogP contribution is 2.45. The molecule has 0 N–H and O–H groups in total. The lowest BCUT2D eigenvalue weighted by Gasteiger charge is -2.42. The van der Waals surface area contributed by atoms with E-state index in [0.717, 1.165) is 0 Å². The van der Waals surface area contributed by atoms with Crippen molar-refractivity contribution in [3.8, 4) is 0 Å². The summed E-state index contributed by atoms with van der Waals surface area (Å²) in [6.45, 7) is 0. The van der Waals surface area contributed by atoms with Gasteiger partial charge in [0.15, 0.2) is 0 Å². The number of Topliss-reactive ketones (excluding diaryl/α,β-unsaturated/α-hetero) is 4. The molecular weight excluding hydrogens is 288 g/mol. The first kappa shape index (κ1) is 12.6. The number of rotatable bonds is 2. The van der Waals surface area contributed by atoms with Crippen molar-refractivity contribution in [3.63, 3.8) is 0 Å². The smallest absolute Gasteiger partial charge is 0.148 e. The Bertz CT molecular complexity index is 381. The van der Waals surface area contributed by atoms with Gasteiger partial charge >= 0.3 is 0 Å². The zero-order valence-corrected chi connectivity index (χ0v) is 10.9. The molecule has 2 rings (SSSR count). The van der Waals surface area contributed by atoms with Gasteiger partial charge in [0.25, 0.3) is 0 Å². The topological polar surface area (TPSA) is 68.3 Å². The zero-order chi connectivity index (χ0) is 12.6. The lowest BCUT2D eigenvalue weighted by molar-refractivity contribution is -0.162. The molecule has 0 radical (unpaired) electrons. The van der Waals surface area contributed by atoms with Crippen LogP contribution in [0.1, 0.15) is 32.1 Å². The third-order valence-corrected chi connectivity index (χ3v) is 4.21. The number of carbonyl (C=O) groups is 4. The van der Waals surface area contributed by atoms with E-state index < -0.39 is 11.3 Å². The number of ketones is 4. The summed E-state index contributed by atoms with van der Waals surface area (Å²) in [6.07, 6.45) is 0.661. The highest BCUT2D eigenvalue weighted by Gasteiger charge is 2.59. The largest absolute Gasteiger partial charge is 0.299 e. The average molecular weight is 301 g/mol. The van der Waals surface area contributed by atoms with E-state index in [1.54, 1.807) is 0 Å². The van der Waals surface area contributed by atoms with E-state index in [1.807, 2.05) is 0 Å². The Morgan fingerprint density at radius 2 is 1.41 bits per heavy atom. The van der Waals surface area contributed by atoms with E-state index in [2.05, 4.69) is 15.9 Å². The Morgan fingerprint density at radius 3 is 1.82 bits per heavy atom. The van der Waals surface area contributed by atoms with Crippen LogP contribution in [0.2, 0.25) is 0 Å². The first-order valence-corrected chi connectivity index (χ1v) is 6.84. The van der Waals surface area contributed by atoms with Crippen LogP contribution in [0.4, 0.5) is 0 Å². The number of fused-ring (bicyclic) bond motifs is 1. The summed E-state index contributed by atoms with van der Waals surface area (Å²) >= 11 is 3.21. The molecular formula is C12H13BrO4. The standard InChI is InChI=1S/C12H13BrO4/c13-6-5-12-9(16)3-1-7(14)11(12)8(15)2-4-10(12)17/h11H,1-6H2. The van der Waals surface area contributed by atoms with E-state index in [9.17, 15) is 19.2 Å². The van der Waals surface area contributed by atoms with Crippen LogP contribution in [0.3, 0.4) is 0 Å². The van der Waals surface area contributed by atoms with Crippen LogP contribution in [0.25, 0.3) is 0 Å². The zero-order valence-electron chi connectivity index (χ0n) is 9.33. The maximum Gasteiger partial charge on any atom is 0.148 e. The SMILES string of the molecule is O=C1CCC(=O)C2(CCBr)C(=O)CCC(=O)C12. The van der Waals surface area contributed by atoms with Gasteiger partial charge in [0.1, 0.15) is 28.5 Å². The van der Waals surface area contributed by atoms with Gasteiger partial charge in [-0.05, 0) is 6.42 Å². The van der Waals surface area contributed by atoms with E-state index in [-0.39, 0.29) is 55.2 Å². The molecule has 0 atom stereocenters. The van der Waals surface area contributed by atoms with Crippen LogP contribution in [0, 0.1) is 11.3 Å². The third-order valence-electron chi connectivity index (χ3n) is 3.82. The van der Waals surface area contributed by atoms with Crippen LogP contribution in [-0.4, -0.2) is 28.5 Å². The second kappa shape index (κ2) is 4.44. The minimum Gasteiger partial charge on any atom is -0.299 e. The summed E-state index contributed by atoms with van der Waals surface area (Å²) in [7, 11) is 0. The molecule has 2 aliphatic rings. The highest BCUT2D eigenvalue weighted by atomic mass is 79.9. The molecule has 4 nitrogen and oxygen atoms in total. The molecule has 0 saturated heterocycles. The van der Waals surface area contributed by atoms with Crippen molar-refractivity contribution < 1.29 is 19.2 Å². The van der Waals surface area contributed by atoms with Gasteiger partial charge in [-0.25, -0.2) is 0 Å². The molecule has 0 aromatic carbocycles. The van der Waals surface area contributed by atoms with Crippen molar-refractivity contribution >= 4 is 39.1 Å². The maximum absolute atomic E-state index is 12.1. The van der Waals surface area contributed by atoms with Gasteiger partial charge in [0.05, 0.1) is 5.92 Å². The number of hydrogen-bond acceptors (Lipinski definition) is 4. The van der Waals surface area contributed by atoms with Crippen molar-refractivity contribution in [3.05, 3.63) is 0 Å². The number of carbonyl (C=O) groups excluding carboxylic acids is 4. The quantitative estimate of drug-likeness (QED) is 0.568. The fourth-order valence-corrected chi connectivity index (χ4v) is 3.61. The van der Waals surface area contributed by atoms with Crippen LogP contribution >= 0.6 is 15.9 Å². The molecule has 0 unspecified atom stereocenters. The van der Waals surface area contributed by atoms with Crippen LogP contribution < -0.4 is 0 Å². The first-order valence-electron chi connectivity index (χ1n) is 5.72. The summed E-state index contributed by atoms with van der Waals surface area (Å²) in [6, 6.07) is 0. The Morgan fingerprint density at radius 1 is 0.941 bits per heavy atom. The van der Waals surface area contributed by atoms with E-state index >= 15 is 0 Å². The van der Waals surface area contributed by atoms with Crippen LogP contribution in [-0.2, 0) is 19.2 Å². The summed E-state index contributed by atoms with van der Waals surface area (Å²) in [5.74, 6) is -1.91. The van der Waals surface area contributed by atoms with Crippen LogP contribution in [0.5, 0.6) is 0 Å². The highest BCUT2D eigenvalue weighted by molar-refractivity contribution is 9.09. The molecule has 0 spiro atoms. The van der Waals surface area contributed by atoms with E-state index in [1.165, 1.54) is 0 Å². The Labute approximate surface area is 107 Å². The van der Waals surface area contributed by atoms with Crippen LogP contribution in [0.15, 0.2) is 0 Å². The summed E-state index contributed by atoms with van der Waals surface area (Å²) in [5, 5.41) is 0.446. The van der Waals surface area contributed by atoms with Gasteiger partial charge in [0.2, 0.25) is 0 Å². The van der Waals surface area contributed by atoms with Gasteiger partial charge in [-0.1, -0.05) is 15.9 Å². The molecule has 0 aliphatic heterocycles. The predicted molar refractivity (Wildman–Crippen MR) is 62.8 cm³/mol. The number of alkyl halides is 1. The second-order valence-corrected chi connectivity index (χ2v) is 5.42. The Hall–Kier alpha value is -0.840. The maximum atomic E-state index is 12.1. The molecule has 2 aliphatic carbocycles. The lowest BCUT2D eigenvalue weighted by Crippen LogP contribution is -2.57. The number of halogens is 1. The van der Waals surface area contributed by atoms with Crippen molar-refractivity contribution in [2.45, 2.75) is 32.1 Å². The van der Waals surface area contributed by atoms with Gasteiger partial charge in [-0.2, -0.15) is 0 Å². The normalized spacial score (nSPS) is 33.8. The number of hydrogen-bond donors (Lipinski definition) is 0. The Kier molecular flexibility index (Phi) is 3.30. The first-order chi connectivity index (χ1) is 8.04. The molecule has 0 amide bonds. The fourth-order valence-electron chi connectivity index (χ4n) is 2.99. The van der Waals surface area contributed by atoms with Gasteiger partial charge in [-0.3, -0.25) is 19.2 Å². The van der Waals surface area contributed by atoms with Crippen molar-refractivity contribution in [2.75, 3.05) is 5.33 Å². The minimum atomic E-state index is -1.34. The molecule has 0 aromatic heterocycles. The average Bonchev–Trinajstić information content (AvgIpc) is 2.29. The lowest BCUT2D eigenvalue weighted by atomic mass is 9.56. The summed E-state index contributed by atoms with van der Waals surface area (Å²) in [5.41, 5.74) is -1.34. The van der Waals surface area contributed by atoms with E-state index in [4.69, 9.17) is 0 Å².